The Labute approximate surface area is 185 Å². The normalized spacial score (nSPS) is 18.5. The van der Waals surface area contributed by atoms with Crippen molar-refractivity contribution in [2.45, 2.75) is 20.0 Å². The first-order valence-electron chi connectivity index (χ1n) is 10.6. The number of anilines is 1. The summed E-state index contributed by atoms with van der Waals surface area (Å²) in [6, 6.07) is 4.13. The summed E-state index contributed by atoms with van der Waals surface area (Å²) in [5, 5.41) is 15.8. The smallest absolute Gasteiger partial charge is 0.256 e. The van der Waals surface area contributed by atoms with Crippen molar-refractivity contribution in [3.05, 3.63) is 52.1 Å². The molecule has 3 heterocycles. The number of amides is 2. The summed E-state index contributed by atoms with van der Waals surface area (Å²) >= 11 is 0. The molecule has 1 saturated heterocycles. The fourth-order valence-corrected chi connectivity index (χ4v) is 4.15. The van der Waals surface area contributed by atoms with E-state index < -0.39 is 11.9 Å². The lowest BCUT2D eigenvalue weighted by Crippen LogP contribution is -2.44. The second kappa shape index (κ2) is 9.23. The standard InChI is InChI=1S/C23H27FN4O4/c1-13-20(10-18-17-9-15(24)3-4-19(17)27-22(18)30)26-14(2)21(13)23(31)25-11-16(29)12-28-5-7-32-8-6-28/h3-4,9-10,16,26,29H,5-8,11-12H2,1-2H3,(H,25,31)(H,27,30)/t16-/m1/s1. The van der Waals surface area contributed by atoms with Gasteiger partial charge in [0.2, 0.25) is 0 Å². The van der Waals surface area contributed by atoms with Crippen LogP contribution in [0.5, 0.6) is 0 Å². The minimum Gasteiger partial charge on any atom is -0.390 e. The number of β-amino-alcohol motifs (C(OH)–C–C–N with tert-alkyl or cyclic N) is 1. The molecule has 4 rings (SSSR count). The summed E-state index contributed by atoms with van der Waals surface area (Å²) in [5.41, 5.74) is 3.75. The molecule has 0 bridgehead atoms. The lowest BCUT2D eigenvalue weighted by atomic mass is 10.0. The predicted molar refractivity (Wildman–Crippen MR) is 119 cm³/mol. The van der Waals surface area contributed by atoms with Crippen molar-refractivity contribution in [1.29, 1.82) is 0 Å². The van der Waals surface area contributed by atoms with E-state index in [9.17, 15) is 19.1 Å². The Bertz CT molecular complexity index is 1070. The number of hydrogen-bond acceptors (Lipinski definition) is 5. The summed E-state index contributed by atoms with van der Waals surface area (Å²) in [5.74, 6) is -1.06. The number of benzene rings is 1. The number of halogens is 1. The number of carbonyl (C=O) groups is 2. The van der Waals surface area contributed by atoms with Crippen LogP contribution in [-0.4, -0.2) is 72.3 Å². The van der Waals surface area contributed by atoms with Crippen molar-refractivity contribution in [3.8, 4) is 0 Å². The van der Waals surface area contributed by atoms with Crippen LogP contribution in [0.4, 0.5) is 10.1 Å². The zero-order valence-corrected chi connectivity index (χ0v) is 18.1. The van der Waals surface area contributed by atoms with E-state index in [-0.39, 0.29) is 18.4 Å². The molecule has 0 spiro atoms. The Balaban J connectivity index is 1.47. The van der Waals surface area contributed by atoms with Gasteiger partial charge >= 0.3 is 0 Å². The molecule has 170 valence electrons. The Kier molecular flexibility index (Phi) is 6.40. The van der Waals surface area contributed by atoms with E-state index in [0.717, 1.165) is 13.1 Å². The zero-order chi connectivity index (χ0) is 22.8. The third kappa shape index (κ3) is 4.59. The van der Waals surface area contributed by atoms with Crippen LogP contribution in [0.1, 0.15) is 32.9 Å². The van der Waals surface area contributed by atoms with Crippen molar-refractivity contribution in [1.82, 2.24) is 15.2 Å². The van der Waals surface area contributed by atoms with Gasteiger partial charge in [-0.1, -0.05) is 0 Å². The van der Waals surface area contributed by atoms with Gasteiger partial charge in [0.15, 0.2) is 0 Å². The van der Waals surface area contributed by atoms with E-state index in [4.69, 9.17) is 4.74 Å². The maximum atomic E-state index is 13.7. The molecule has 0 radical (unpaired) electrons. The fourth-order valence-electron chi connectivity index (χ4n) is 4.15. The van der Waals surface area contributed by atoms with Gasteiger partial charge in [0.05, 0.1) is 30.5 Å². The van der Waals surface area contributed by atoms with Gasteiger partial charge in [-0.05, 0) is 43.7 Å². The Morgan fingerprint density at radius 1 is 1.34 bits per heavy atom. The van der Waals surface area contributed by atoms with E-state index in [1.165, 1.54) is 18.2 Å². The maximum absolute atomic E-state index is 13.7. The summed E-state index contributed by atoms with van der Waals surface area (Å²) < 4.78 is 19.0. The largest absolute Gasteiger partial charge is 0.390 e. The van der Waals surface area contributed by atoms with E-state index >= 15 is 0 Å². The minimum atomic E-state index is -0.688. The second-order valence-corrected chi connectivity index (χ2v) is 8.14. The number of nitrogens with zero attached hydrogens (tertiary/aromatic N) is 1. The van der Waals surface area contributed by atoms with Crippen molar-refractivity contribution in [2.75, 3.05) is 44.7 Å². The molecule has 0 saturated carbocycles. The molecule has 2 aliphatic rings. The second-order valence-electron chi connectivity index (χ2n) is 8.14. The number of ether oxygens (including phenoxy) is 1. The van der Waals surface area contributed by atoms with Gasteiger partial charge in [-0.2, -0.15) is 0 Å². The van der Waals surface area contributed by atoms with Crippen molar-refractivity contribution in [2.24, 2.45) is 0 Å². The number of hydrogen-bond donors (Lipinski definition) is 4. The molecule has 0 unspecified atom stereocenters. The molecule has 8 nitrogen and oxygen atoms in total. The number of aromatic nitrogens is 1. The highest BCUT2D eigenvalue weighted by Crippen LogP contribution is 2.34. The number of fused-ring (bicyclic) bond motifs is 1. The number of aliphatic hydroxyl groups is 1. The highest BCUT2D eigenvalue weighted by Gasteiger charge is 2.26. The van der Waals surface area contributed by atoms with Crippen LogP contribution in [0.2, 0.25) is 0 Å². The molecule has 9 heteroatoms. The molecule has 0 aliphatic carbocycles. The number of H-pyrrole nitrogens is 1. The summed E-state index contributed by atoms with van der Waals surface area (Å²) in [7, 11) is 0. The topological polar surface area (TPSA) is 107 Å². The molecular formula is C23H27FN4O4. The van der Waals surface area contributed by atoms with Gasteiger partial charge in [-0.25, -0.2) is 4.39 Å². The molecule has 4 N–H and O–H groups in total. The first-order chi connectivity index (χ1) is 15.3. The monoisotopic (exact) mass is 442 g/mol. The van der Waals surface area contributed by atoms with Crippen LogP contribution in [0.25, 0.3) is 11.6 Å². The third-order valence-electron chi connectivity index (χ3n) is 5.83. The average molecular weight is 442 g/mol. The molecule has 1 fully saturated rings. The third-order valence-corrected chi connectivity index (χ3v) is 5.83. The average Bonchev–Trinajstić information content (AvgIpc) is 3.22. The molecular weight excluding hydrogens is 415 g/mol. The summed E-state index contributed by atoms with van der Waals surface area (Å²) in [6.45, 7) is 6.98. The number of carbonyl (C=O) groups excluding carboxylic acids is 2. The molecule has 2 aliphatic heterocycles. The van der Waals surface area contributed by atoms with E-state index in [1.807, 2.05) is 0 Å². The molecule has 1 aromatic carbocycles. The summed E-state index contributed by atoms with van der Waals surface area (Å²) in [4.78, 5) is 30.5. The number of aryl methyl sites for hydroxylation is 1. The number of aliphatic hydroxyl groups excluding tert-OH is 1. The lowest BCUT2D eigenvalue weighted by molar-refractivity contribution is -0.110. The Morgan fingerprint density at radius 2 is 2.09 bits per heavy atom. The van der Waals surface area contributed by atoms with Crippen molar-refractivity contribution < 1.29 is 23.8 Å². The van der Waals surface area contributed by atoms with Crippen LogP contribution >= 0.6 is 0 Å². The van der Waals surface area contributed by atoms with E-state index in [2.05, 4.69) is 20.5 Å². The van der Waals surface area contributed by atoms with E-state index in [0.29, 0.717) is 59.1 Å². The molecule has 1 atom stereocenters. The van der Waals surface area contributed by atoms with Crippen LogP contribution in [0.15, 0.2) is 18.2 Å². The predicted octanol–water partition coefficient (Wildman–Crippen LogP) is 1.69. The van der Waals surface area contributed by atoms with Gasteiger partial charge < -0.3 is 25.5 Å². The van der Waals surface area contributed by atoms with Crippen LogP contribution in [-0.2, 0) is 9.53 Å². The van der Waals surface area contributed by atoms with Gasteiger partial charge in [0, 0.05) is 48.8 Å². The first kappa shape index (κ1) is 22.2. The maximum Gasteiger partial charge on any atom is 0.256 e. The number of rotatable bonds is 6. The molecule has 2 aromatic rings. The summed E-state index contributed by atoms with van der Waals surface area (Å²) in [6.07, 6.45) is 0.944. The number of nitrogens with one attached hydrogen (secondary N) is 3. The van der Waals surface area contributed by atoms with Crippen LogP contribution in [0.3, 0.4) is 0 Å². The zero-order valence-electron chi connectivity index (χ0n) is 18.1. The van der Waals surface area contributed by atoms with Crippen molar-refractivity contribution in [3.63, 3.8) is 0 Å². The highest BCUT2D eigenvalue weighted by molar-refractivity contribution is 6.34. The number of morpholine rings is 1. The quantitative estimate of drug-likeness (QED) is 0.510. The van der Waals surface area contributed by atoms with Crippen LogP contribution < -0.4 is 10.6 Å². The highest BCUT2D eigenvalue weighted by atomic mass is 19.1. The van der Waals surface area contributed by atoms with Gasteiger partial charge in [-0.3, -0.25) is 14.5 Å². The number of aromatic amines is 1. The van der Waals surface area contributed by atoms with Gasteiger partial charge in [-0.15, -0.1) is 0 Å². The minimum absolute atomic E-state index is 0.131. The molecule has 2 amide bonds. The van der Waals surface area contributed by atoms with Gasteiger partial charge in [0.1, 0.15) is 5.82 Å². The molecule has 32 heavy (non-hydrogen) atoms. The lowest BCUT2D eigenvalue weighted by Gasteiger charge is -2.28. The Morgan fingerprint density at radius 3 is 2.84 bits per heavy atom. The fraction of sp³-hybridized carbons (Fsp3) is 0.391. The SMILES string of the molecule is Cc1[nH]c(C=C2C(=O)Nc3ccc(F)cc32)c(C)c1C(=O)NC[C@@H](O)CN1CCOCC1. The Hall–Kier alpha value is -3.01. The van der Waals surface area contributed by atoms with Crippen molar-refractivity contribution >= 4 is 29.2 Å². The van der Waals surface area contributed by atoms with Crippen LogP contribution in [0, 0.1) is 19.7 Å². The van der Waals surface area contributed by atoms with E-state index in [1.54, 1.807) is 19.9 Å². The first-order valence-corrected chi connectivity index (χ1v) is 10.6. The van der Waals surface area contributed by atoms with Gasteiger partial charge in [0.25, 0.3) is 11.8 Å². The molecule has 1 aromatic heterocycles.